The highest BCUT2D eigenvalue weighted by molar-refractivity contribution is 6.28. The molecule has 0 bridgehead atoms. The molecule has 0 spiro atoms. The van der Waals surface area contributed by atoms with Gasteiger partial charge in [-0.3, -0.25) is 4.90 Å². The lowest BCUT2D eigenvalue weighted by atomic mass is 9.92. The number of aromatic nitrogens is 2. The van der Waals surface area contributed by atoms with Gasteiger partial charge in [-0.25, -0.2) is 18.7 Å². The van der Waals surface area contributed by atoms with Crippen LogP contribution in [0.3, 0.4) is 0 Å². The van der Waals surface area contributed by atoms with E-state index in [2.05, 4.69) is 39.8 Å². The van der Waals surface area contributed by atoms with Crippen LogP contribution in [0.15, 0.2) is 36.5 Å². The molecule has 0 saturated heterocycles. The SMILES string of the molecule is C=C/C=C\C=C(/C)CN1CCc2c(nc(Cl)nc2NC2CCC(F)(F)CC2)C1. The number of anilines is 1. The third kappa shape index (κ3) is 5.61. The highest BCUT2D eigenvalue weighted by Crippen LogP contribution is 2.35. The first-order valence-electron chi connectivity index (χ1n) is 9.73. The number of rotatable bonds is 6. The molecule has 0 radical (unpaired) electrons. The minimum absolute atomic E-state index is 0.00884. The molecule has 0 aromatic carbocycles. The Morgan fingerprint density at radius 1 is 1.32 bits per heavy atom. The average molecular weight is 409 g/mol. The van der Waals surface area contributed by atoms with Crippen LogP contribution >= 0.6 is 11.6 Å². The van der Waals surface area contributed by atoms with Crippen molar-refractivity contribution in [2.45, 2.75) is 57.5 Å². The molecule has 2 aliphatic rings. The Kier molecular flexibility index (Phi) is 6.83. The molecule has 7 heteroatoms. The molecular weight excluding hydrogens is 382 g/mol. The largest absolute Gasteiger partial charge is 0.367 e. The summed E-state index contributed by atoms with van der Waals surface area (Å²) >= 11 is 6.15. The highest BCUT2D eigenvalue weighted by Gasteiger charge is 2.35. The monoisotopic (exact) mass is 408 g/mol. The van der Waals surface area contributed by atoms with E-state index in [1.165, 1.54) is 5.57 Å². The number of allylic oxidation sites excluding steroid dienone is 4. The van der Waals surface area contributed by atoms with E-state index in [-0.39, 0.29) is 24.2 Å². The first-order valence-corrected chi connectivity index (χ1v) is 10.1. The Morgan fingerprint density at radius 2 is 2.07 bits per heavy atom. The molecule has 0 atom stereocenters. The molecule has 1 aliphatic heterocycles. The van der Waals surface area contributed by atoms with E-state index in [9.17, 15) is 8.78 Å². The van der Waals surface area contributed by atoms with Crippen molar-refractivity contribution in [1.29, 1.82) is 0 Å². The maximum absolute atomic E-state index is 13.4. The van der Waals surface area contributed by atoms with Crippen molar-refractivity contribution in [3.63, 3.8) is 0 Å². The van der Waals surface area contributed by atoms with Gasteiger partial charge in [0.2, 0.25) is 11.2 Å². The van der Waals surface area contributed by atoms with Crippen molar-refractivity contribution in [3.8, 4) is 0 Å². The van der Waals surface area contributed by atoms with Crippen molar-refractivity contribution in [2.75, 3.05) is 18.4 Å². The van der Waals surface area contributed by atoms with E-state index in [0.717, 1.165) is 30.8 Å². The first-order chi connectivity index (χ1) is 13.4. The summed E-state index contributed by atoms with van der Waals surface area (Å²) in [5.74, 6) is -1.82. The van der Waals surface area contributed by atoms with Crippen LogP contribution < -0.4 is 5.32 Å². The van der Waals surface area contributed by atoms with Gasteiger partial charge in [-0.15, -0.1) is 0 Å². The Hall–Kier alpha value is -1.79. The van der Waals surface area contributed by atoms with Crippen LogP contribution in [-0.2, 0) is 13.0 Å². The van der Waals surface area contributed by atoms with Crippen molar-refractivity contribution in [3.05, 3.63) is 53.0 Å². The van der Waals surface area contributed by atoms with Gasteiger partial charge in [0.25, 0.3) is 0 Å². The molecule has 2 heterocycles. The fourth-order valence-corrected chi connectivity index (χ4v) is 3.98. The van der Waals surface area contributed by atoms with E-state index in [1.807, 2.05) is 12.2 Å². The van der Waals surface area contributed by atoms with Gasteiger partial charge in [0, 0.05) is 44.1 Å². The molecule has 1 aliphatic carbocycles. The molecule has 1 aromatic heterocycles. The topological polar surface area (TPSA) is 41.1 Å². The third-order valence-electron chi connectivity index (χ3n) is 5.28. The fourth-order valence-electron chi connectivity index (χ4n) is 3.79. The molecule has 1 N–H and O–H groups in total. The third-order valence-corrected chi connectivity index (χ3v) is 5.44. The molecule has 1 aromatic rings. The van der Waals surface area contributed by atoms with Crippen molar-refractivity contribution in [1.82, 2.24) is 14.9 Å². The van der Waals surface area contributed by atoms with Gasteiger partial charge in [-0.1, -0.05) is 36.5 Å². The molecule has 152 valence electrons. The van der Waals surface area contributed by atoms with Gasteiger partial charge in [-0.2, -0.15) is 0 Å². The van der Waals surface area contributed by atoms with Gasteiger partial charge in [0.1, 0.15) is 5.82 Å². The van der Waals surface area contributed by atoms with Crippen LogP contribution in [0.25, 0.3) is 0 Å². The molecule has 3 rings (SSSR count). The zero-order valence-electron chi connectivity index (χ0n) is 16.2. The Bertz CT molecular complexity index is 766. The highest BCUT2D eigenvalue weighted by atomic mass is 35.5. The van der Waals surface area contributed by atoms with Crippen molar-refractivity contribution >= 4 is 17.4 Å². The molecule has 0 unspecified atom stereocenters. The van der Waals surface area contributed by atoms with E-state index < -0.39 is 5.92 Å². The first kappa shape index (κ1) is 20.9. The second kappa shape index (κ2) is 9.14. The predicted molar refractivity (Wildman–Crippen MR) is 110 cm³/mol. The standard InChI is InChI=1S/C21H27ClF2N4/c1-3-4-5-6-15(2)13-28-12-9-17-18(14-28)26-20(22)27-19(17)25-16-7-10-21(23,24)11-8-16/h3-6,16H,1,7-14H2,2H3,(H,25,26,27)/b5-4-,15-6+. The summed E-state index contributed by atoms with van der Waals surface area (Å²) in [6, 6.07) is 0.00884. The number of hydrogen-bond acceptors (Lipinski definition) is 4. The van der Waals surface area contributed by atoms with Crippen LogP contribution in [0, 0.1) is 0 Å². The van der Waals surface area contributed by atoms with Crippen LogP contribution in [0.5, 0.6) is 0 Å². The van der Waals surface area contributed by atoms with Crippen LogP contribution in [0.2, 0.25) is 5.28 Å². The number of nitrogens with one attached hydrogen (secondary N) is 1. The second-order valence-electron chi connectivity index (χ2n) is 7.64. The Morgan fingerprint density at radius 3 is 2.79 bits per heavy atom. The summed E-state index contributed by atoms with van der Waals surface area (Å²) in [6.45, 7) is 8.21. The molecule has 1 fully saturated rings. The number of nitrogens with zero attached hydrogens (tertiary/aromatic N) is 3. The number of hydrogen-bond donors (Lipinski definition) is 1. The predicted octanol–water partition coefficient (Wildman–Crippen LogP) is 5.17. The molecule has 1 saturated carbocycles. The fraction of sp³-hybridized carbons (Fsp3) is 0.524. The van der Waals surface area contributed by atoms with Gasteiger partial charge >= 0.3 is 0 Å². The lowest BCUT2D eigenvalue weighted by Gasteiger charge is -2.32. The lowest BCUT2D eigenvalue weighted by molar-refractivity contribution is -0.0361. The summed E-state index contributed by atoms with van der Waals surface area (Å²) in [6.07, 6.45) is 9.26. The normalized spacial score (nSPS) is 20.9. The quantitative estimate of drug-likeness (QED) is 0.521. The summed E-state index contributed by atoms with van der Waals surface area (Å²) in [7, 11) is 0. The zero-order valence-corrected chi connectivity index (χ0v) is 17.0. The van der Waals surface area contributed by atoms with Crippen molar-refractivity contribution < 1.29 is 8.78 Å². The smallest absolute Gasteiger partial charge is 0.248 e. The lowest BCUT2D eigenvalue weighted by Crippen LogP contribution is -2.35. The van der Waals surface area contributed by atoms with E-state index in [1.54, 1.807) is 6.08 Å². The van der Waals surface area contributed by atoms with Gasteiger partial charge in [0.15, 0.2) is 0 Å². The molecule has 28 heavy (non-hydrogen) atoms. The van der Waals surface area contributed by atoms with Crippen LogP contribution in [0.1, 0.15) is 43.9 Å². The van der Waals surface area contributed by atoms with Gasteiger partial charge in [0.05, 0.1) is 5.69 Å². The minimum atomic E-state index is -2.53. The average Bonchev–Trinajstić information content (AvgIpc) is 2.63. The van der Waals surface area contributed by atoms with E-state index >= 15 is 0 Å². The van der Waals surface area contributed by atoms with Crippen molar-refractivity contribution in [2.24, 2.45) is 0 Å². The van der Waals surface area contributed by atoms with Crippen LogP contribution in [0.4, 0.5) is 14.6 Å². The van der Waals surface area contributed by atoms with Gasteiger partial charge < -0.3 is 5.32 Å². The number of halogens is 3. The molecular formula is C21H27ClF2N4. The summed E-state index contributed by atoms with van der Waals surface area (Å²) in [5, 5.41) is 3.56. The zero-order chi connectivity index (χ0) is 20.1. The number of fused-ring (bicyclic) bond motifs is 1. The van der Waals surface area contributed by atoms with Gasteiger partial charge in [-0.05, 0) is 37.8 Å². The molecule has 4 nitrogen and oxygen atoms in total. The van der Waals surface area contributed by atoms with Crippen LogP contribution in [-0.4, -0.2) is 39.9 Å². The van der Waals surface area contributed by atoms with E-state index in [4.69, 9.17) is 11.6 Å². The summed E-state index contributed by atoms with van der Waals surface area (Å²) < 4.78 is 26.8. The Labute approximate surface area is 170 Å². The van der Waals surface area contributed by atoms with E-state index in [0.29, 0.717) is 25.2 Å². The number of alkyl halides is 2. The maximum Gasteiger partial charge on any atom is 0.248 e. The molecule has 0 amide bonds. The summed E-state index contributed by atoms with van der Waals surface area (Å²) in [5.41, 5.74) is 3.23. The maximum atomic E-state index is 13.4. The second-order valence-corrected chi connectivity index (χ2v) is 7.97. The summed E-state index contributed by atoms with van der Waals surface area (Å²) in [4.78, 5) is 11.1. The Balaban J connectivity index is 1.67. The minimum Gasteiger partial charge on any atom is -0.367 e.